The van der Waals surface area contributed by atoms with Gasteiger partial charge in [-0.1, -0.05) is 30.3 Å². The Bertz CT molecular complexity index is 1490. The highest BCUT2D eigenvalue weighted by molar-refractivity contribution is 7.15. The zero-order valence-electron chi connectivity index (χ0n) is 18.5. The molecule has 34 heavy (non-hydrogen) atoms. The van der Waals surface area contributed by atoms with E-state index in [1.807, 2.05) is 31.2 Å². The largest absolute Gasteiger partial charge is 0.480 e. The standard InChI is InChI=1S/C24H21N7O2S/c1-14-8-19(31-20(14)21(25)28-13-29-31)16-10-18(23(33-2)26-11-16)22(32)30-24-27-12-17(34-24)9-15-6-4-3-5-7-15/h3-8,10-13H,9H2,1-2H3,(H2,25,28,29)(H,27,30,32). The molecule has 3 N–H and O–H groups in total. The highest BCUT2D eigenvalue weighted by atomic mass is 32.1. The van der Waals surface area contributed by atoms with Crippen LogP contribution in [0, 0.1) is 6.92 Å². The number of ether oxygens (including phenoxy) is 1. The summed E-state index contributed by atoms with van der Waals surface area (Å²) in [4.78, 5) is 27.0. The van der Waals surface area contributed by atoms with Crippen molar-refractivity contribution in [2.24, 2.45) is 0 Å². The Kier molecular flexibility index (Phi) is 5.64. The topological polar surface area (TPSA) is 120 Å². The maximum atomic E-state index is 13.2. The maximum absolute atomic E-state index is 13.2. The van der Waals surface area contributed by atoms with E-state index < -0.39 is 0 Å². The van der Waals surface area contributed by atoms with Crippen LogP contribution in [0.5, 0.6) is 5.88 Å². The predicted octanol–water partition coefficient (Wildman–Crippen LogP) is 3.99. The van der Waals surface area contributed by atoms with Crippen LogP contribution in [0.15, 0.2) is 61.2 Å². The molecule has 0 aliphatic rings. The first-order chi connectivity index (χ1) is 16.5. The smallest absolute Gasteiger partial charge is 0.262 e. The molecule has 0 saturated carbocycles. The quantitative estimate of drug-likeness (QED) is 0.384. The fourth-order valence-corrected chi connectivity index (χ4v) is 4.63. The number of nitrogens with two attached hydrogens (primary N) is 1. The molecule has 0 aliphatic carbocycles. The Morgan fingerprint density at radius 1 is 1.15 bits per heavy atom. The number of rotatable bonds is 6. The third-order valence-electron chi connectivity index (χ3n) is 5.35. The van der Waals surface area contributed by atoms with Crippen molar-refractivity contribution in [3.8, 4) is 17.1 Å². The summed E-state index contributed by atoms with van der Waals surface area (Å²) in [6.45, 7) is 1.93. The molecule has 5 aromatic rings. The number of nitrogens with one attached hydrogen (secondary N) is 1. The van der Waals surface area contributed by atoms with Gasteiger partial charge >= 0.3 is 0 Å². The molecule has 1 amide bonds. The Balaban J connectivity index is 1.44. The van der Waals surface area contributed by atoms with Gasteiger partial charge in [-0.05, 0) is 30.2 Å². The van der Waals surface area contributed by atoms with Crippen molar-refractivity contribution in [2.75, 3.05) is 18.2 Å². The number of anilines is 2. The summed E-state index contributed by atoms with van der Waals surface area (Å²) in [6, 6.07) is 13.8. The van der Waals surface area contributed by atoms with Crippen LogP contribution in [0.3, 0.4) is 0 Å². The van der Waals surface area contributed by atoms with Crippen molar-refractivity contribution < 1.29 is 9.53 Å². The zero-order valence-corrected chi connectivity index (χ0v) is 19.3. The van der Waals surface area contributed by atoms with Gasteiger partial charge in [0.25, 0.3) is 5.91 Å². The number of pyridine rings is 1. The molecule has 0 unspecified atom stereocenters. The Morgan fingerprint density at radius 2 is 1.97 bits per heavy atom. The van der Waals surface area contributed by atoms with Crippen molar-refractivity contribution in [3.63, 3.8) is 0 Å². The van der Waals surface area contributed by atoms with Crippen molar-refractivity contribution in [1.82, 2.24) is 24.6 Å². The van der Waals surface area contributed by atoms with E-state index in [-0.39, 0.29) is 17.4 Å². The molecule has 10 heteroatoms. The lowest BCUT2D eigenvalue weighted by Gasteiger charge is -2.09. The average molecular weight is 472 g/mol. The van der Waals surface area contributed by atoms with Gasteiger partial charge in [0.05, 0.1) is 12.8 Å². The van der Waals surface area contributed by atoms with Gasteiger partial charge in [-0.15, -0.1) is 11.3 Å². The third-order valence-corrected chi connectivity index (χ3v) is 6.27. The number of hydrogen-bond acceptors (Lipinski definition) is 8. The summed E-state index contributed by atoms with van der Waals surface area (Å²) < 4.78 is 7.04. The molecule has 9 nitrogen and oxygen atoms in total. The first-order valence-corrected chi connectivity index (χ1v) is 11.3. The van der Waals surface area contributed by atoms with Crippen LogP contribution in [-0.2, 0) is 6.42 Å². The fraction of sp³-hybridized carbons (Fsp3) is 0.125. The zero-order chi connectivity index (χ0) is 23.7. The molecule has 1 aromatic carbocycles. The highest BCUT2D eigenvalue weighted by Gasteiger charge is 2.19. The van der Waals surface area contributed by atoms with Crippen LogP contribution in [0.4, 0.5) is 10.9 Å². The fourth-order valence-electron chi connectivity index (χ4n) is 3.79. The van der Waals surface area contributed by atoms with Crippen LogP contribution in [0.2, 0.25) is 0 Å². The van der Waals surface area contributed by atoms with E-state index in [0.29, 0.717) is 22.0 Å². The van der Waals surface area contributed by atoms with Crippen LogP contribution in [0.25, 0.3) is 16.8 Å². The van der Waals surface area contributed by atoms with Crippen molar-refractivity contribution in [2.45, 2.75) is 13.3 Å². The van der Waals surface area contributed by atoms with Crippen LogP contribution >= 0.6 is 11.3 Å². The van der Waals surface area contributed by atoms with Gasteiger partial charge in [-0.2, -0.15) is 5.10 Å². The second kappa shape index (κ2) is 8.91. The number of aromatic nitrogens is 5. The van der Waals surface area contributed by atoms with Gasteiger partial charge in [0.15, 0.2) is 10.9 Å². The number of carbonyl (C=O) groups excluding carboxylic acids is 1. The number of amides is 1. The molecule has 0 atom stereocenters. The number of thiazole rings is 1. The number of methoxy groups -OCH3 is 1. The number of nitrogen functional groups attached to an aromatic ring is 1. The Morgan fingerprint density at radius 3 is 2.76 bits per heavy atom. The number of benzene rings is 1. The van der Waals surface area contributed by atoms with Gasteiger partial charge in [-0.25, -0.2) is 19.5 Å². The molecule has 5 rings (SSSR count). The SMILES string of the molecule is COc1ncc(-c2cc(C)c3c(N)ncnn23)cc1C(=O)Nc1ncc(Cc2ccccc2)s1. The lowest BCUT2D eigenvalue weighted by atomic mass is 10.1. The Labute approximate surface area is 199 Å². The molecule has 4 aromatic heterocycles. The van der Waals surface area contributed by atoms with Crippen LogP contribution in [-0.4, -0.2) is 37.6 Å². The van der Waals surface area contributed by atoms with E-state index >= 15 is 0 Å². The second-order valence-electron chi connectivity index (χ2n) is 7.65. The summed E-state index contributed by atoms with van der Waals surface area (Å²) in [6.07, 6.45) is 5.56. The van der Waals surface area contributed by atoms with Crippen LogP contribution in [0.1, 0.15) is 26.4 Å². The third kappa shape index (κ3) is 4.06. The van der Waals surface area contributed by atoms with Crippen molar-refractivity contribution >= 4 is 33.7 Å². The van der Waals surface area contributed by atoms with E-state index in [0.717, 1.165) is 22.6 Å². The minimum Gasteiger partial charge on any atom is -0.480 e. The number of hydrogen-bond donors (Lipinski definition) is 2. The molecule has 0 radical (unpaired) electrons. The molecule has 0 spiro atoms. The van der Waals surface area contributed by atoms with Gasteiger partial charge in [0, 0.05) is 29.3 Å². The molecule has 0 fully saturated rings. The lowest BCUT2D eigenvalue weighted by molar-refractivity contribution is 0.102. The minimum absolute atomic E-state index is 0.217. The molecule has 170 valence electrons. The first kappa shape index (κ1) is 21.5. The van der Waals surface area contributed by atoms with Gasteiger partial charge in [0.1, 0.15) is 17.4 Å². The molecule has 0 saturated heterocycles. The number of aryl methyl sites for hydroxylation is 1. The van der Waals surface area contributed by atoms with Crippen molar-refractivity contribution in [3.05, 3.63) is 82.8 Å². The summed E-state index contributed by atoms with van der Waals surface area (Å²) in [5.74, 6) is 0.237. The minimum atomic E-state index is -0.362. The number of fused-ring (bicyclic) bond motifs is 1. The van der Waals surface area contributed by atoms with Crippen molar-refractivity contribution in [1.29, 1.82) is 0 Å². The monoisotopic (exact) mass is 471 g/mol. The normalized spacial score (nSPS) is 11.0. The predicted molar refractivity (Wildman–Crippen MR) is 131 cm³/mol. The van der Waals surface area contributed by atoms with E-state index in [2.05, 4.69) is 37.5 Å². The second-order valence-corrected chi connectivity index (χ2v) is 8.76. The average Bonchev–Trinajstić information content (AvgIpc) is 3.43. The molecule has 0 bridgehead atoms. The highest BCUT2D eigenvalue weighted by Crippen LogP contribution is 2.30. The van der Waals surface area contributed by atoms with E-state index in [9.17, 15) is 4.79 Å². The van der Waals surface area contributed by atoms with Gasteiger partial charge in [0.2, 0.25) is 5.88 Å². The van der Waals surface area contributed by atoms with Gasteiger partial charge in [-0.3, -0.25) is 10.1 Å². The van der Waals surface area contributed by atoms with E-state index in [4.69, 9.17) is 10.5 Å². The molecule has 0 aliphatic heterocycles. The molecular weight excluding hydrogens is 450 g/mol. The Hall–Kier alpha value is -4.31. The first-order valence-electron chi connectivity index (χ1n) is 10.5. The summed E-state index contributed by atoms with van der Waals surface area (Å²) >= 11 is 1.43. The number of carbonyl (C=O) groups is 1. The summed E-state index contributed by atoms with van der Waals surface area (Å²) in [5, 5.41) is 7.69. The van der Waals surface area contributed by atoms with E-state index in [1.54, 1.807) is 23.0 Å². The van der Waals surface area contributed by atoms with Crippen LogP contribution < -0.4 is 15.8 Å². The molecule has 4 heterocycles. The molecular formula is C24H21N7O2S. The lowest BCUT2D eigenvalue weighted by Crippen LogP contribution is -2.14. The van der Waals surface area contributed by atoms with Gasteiger partial charge < -0.3 is 10.5 Å². The van der Waals surface area contributed by atoms with E-state index in [1.165, 1.54) is 30.3 Å². The number of nitrogens with zero attached hydrogens (tertiary/aromatic N) is 5. The summed E-state index contributed by atoms with van der Waals surface area (Å²) in [5.41, 5.74) is 10.6. The summed E-state index contributed by atoms with van der Waals surface area (Å²) in [7, 11) is 1.48. The maximum Gasteiger partial charge on any atom is 0.262 e.